The van der Waals surface area contributed by atoms with E-state index in [-0.39, 0.29) is 0 Å². The first-order chi connectivity index (χ1) is 9.76. The molecule has 0 radical (unpaired) electrons. The highest BCUT2D eigenvalue weighted by atomic mass is 16.5. The lowest BCUT2D eigenvalue weighted by Crippen LogP contribution is -2.45. The van der Waals surface area contributed by atoms with E-state index in [1.807, 2.05) is 22.7 Å². The van der Waals surface area contributed by atoms with Crippen molar-refractivity contribution in [2.75, 3.05) is 46.9 Å². The van der Waals surface area contributed by atoms with Crippen molar-refractivity contribution >= 4 is 5.65 Å². The largest absolute Gasteiger partial charge is 0.495 e. The maximum Gasteiger partial charge on any atom is 0.161 e. The van der Waals surface area contributed by atoms with Crippen molar-refractivity contribution in [3.8, 4) is 5.75 Å². The van der Waals surface area contributed by atoms with Gasteiger partial charge in [0.2, 0.25) is 0 Å². The van der Waals surface area contributed by atoms with Crippen molar-refractivity contribution in [3.63, 3.8) is 0 Å². The van der Waals surface area contributed by atoms with Crippen LogP contribution in [0.15, 0.2) is 18.3 Å². The van der Waals surface area contributed by atoms with Crippen LogP contribution in [0.5, 0.6) is 5.75 Å². The third-order valence-corrected chi connectivity index (χ3v) is 3.93. The fourth-order valence-electron chi connectivity index (χ4n) is 2.54. The Morgan fingerprint density at radius 1 is 1.15 bits per heavy atom. The summed E-state index contributed by atoms with van der Waals surface area (Å²) in [4.78, 5) is 4.86. The van der Waals surface area contributed by atoms with Crippen molar-refractivity contribution in [1.29, 1.82) is 0 Å². The number of rotatable bonds is 4. The summed E-state index contributed by atoms with van der Waals surface area (Å²) >= 11 is 0. The predicted molar refractivity (Wildman–Crippen MR) is 77.2 cm³/mol. The van der Waals surface area contributed by atoms with Gasteiger partial charge in [0.05, 0.1) is 13.3 Å². The quantitative estimate of drug-likeness (QED) is 0.814. The average Bonchev–Trinajstić information content (AvgIpc) is 2.89. The van der Waals surface area contributed by atoms with Crippen LogP contribution in [0.4, 0.5) is 0 Å². The fraction of sp³-hybridized carbons (Fsp3) is 0.571. The van der Waals surface area contributed by atoms with E-state index in [0.29, 0.717) is 0 Å². The van der Waals surface area contributed by atoms with Gasteiger partial charge in [-0.25, -0.2) is 0 Å². The lowest BCUT2D eigenvalue weighted by molar-refractivity contribution is 0.155. The van der Waals surface area contributed by atoms with Gasteiger partial charge in [-0.1, -0.05) is 0 Å². The maximum atomic E-state index is 5.26. The molecule has 20 heavy (non-hydrogen) atoms. The Bertz CT molecular complexity index is 574. The Morgan fingerprint density at radius 3 is 2.70 bits per heavy atom. The van der Waals surface area contributed by atoms with Crippen LogP contribution in [-0.2, 0) is 6.42 Å². The summed E-state index contributed by atoms with van der Waals surface area (Å²) < 4.78 is 7.28. The molecule has 108 valence electrons. The smallest absolute Gasteiger partial charge is 0.161 e. The fourth-order valence-corrected chi connectivity index (χ4v) is 2.54. The van der Waals surface area contributed by atoms with Gasteiger partial charge in [0.15, 0.2) is 5.65 Å². The lowest BCUT2D eigenvalue weighted by atomic mass is 10.3. The van der Waals surface area contributed by atoms with Gasteiger partial charge in [0, 0.05) is 39.1 Å². The first-order valence-corrected chi connectivity index (χ1v) is 7.05. The van der Waals surface area contributed by atoms with Crippen LogP contribution in [0.25, 0.3) is 5.65 Å². The van der Waals surface area contributed by atoms with E-state index in [1.165, 1.54) is 0 Å². The van der Waals surface area contributed by atoms with Crippen LogP contribution in [-0.4, -0.2) is 71.3 Å². The molecule has 0 spiro atoms. The minimum absolute atomic E-state index is 0.832. The van der Waals surface area contributed by atoms with Gasteiger partial charge in [0.25, 0.3) is 0 Å². The predicted octanol–water partition coefficient (Wildman–Crippen LogP) is 0.528. The van der Waals surface area contributed by atoms with Crippen LogP contribution >= 0.6 is 0 Å². The molecule has 0 N–H and O–H groups in total. The third-order valence-electron chi connectivity index (χ3n) is 3.93. The van der Waals surface area contributed by atoms with Crippen LogP contribution in [0.3, 0.4) is 0 Å². The molecule has 0 bridgehead atoms. The Kier molecular flexibility index (Phi) is 3.84. The number of piperazine rings is 1. The third kappa shape index (κ3) is 2.76. The molecule has 0 amide bonds. The highest BCUT2D eigenvalue weighted by Crippen LogP contribution is 2.13. The molecule has 1 fully saturated rings. The molecule has 6 nitrogen and oxygen atoms in total. The Balaban J connectivity index is 1.68. The molecule has 3 rings (SSSR count). The second-order valence-corrected chi connectivity index (χ2v) is 5.31. The number of ether oxygens (including phenoxy) is 1. The van der Waals surface area contributed by atoms with Gasteiger partial charge in [-0.15, -0.1) is 10.2 Å². The second kappa shape index (κ2) is 5.76. The average molecular weight is 275 g/mol. The van der Waals surface area contributed by atoms with E-state index in [1.54, 1.807) is 7.11 Å². The Hall–Kier alpha value is -1.66. The number of pyridine rings is 1. The molecule has 1 saturated heterocycles. The molecule has 6 heteroatoms. The highest BCUT2D eigenvalue weighted by Gasteiger charge is 2.14. The van der Waals surface area contributed by atoms with Crippen LogP contribution in [0, 0.1) is 0 Å². The first kappa shape index (κ1) is 13.3. The number of hydrogen-bond acceptors (Lipinski definition) is 5. The van der Waals surface area contributed by atoms with E-state index in [2.05, 4.69) is 27.0 Å². The first-order valence-electron chi connectivity index (χ1n) is 7.05. The highest BCUT2D eigenvalue weighted by molar-refractivity contribution is 5.41. The monoisotopic (exact) mass is 275 g/mol. The summed E-state index contributed by atoms with van der Waals surface area (Å²) in [6.45, 7) is 5.60. The van der Waals surface area contributed by atoms with Crippen molar-refractivity contribution in [1.82, 2.24) is 24.4 Å². The summed E-state index contributed by atoms with van der Waals surface area (Å²) in [5.41, 5.74) is 0.874. The number of hydrogen-bond donors (Lipinski definition) is 0. The van der Waals surface area contributed by atoms with Gasteiger partial charge in [-0.05, 0) is 19.2 Å². The van der Waals surface area contributed by atoms with Gasteiger partial charge < -0.3 is 14.5 Å². The molecule has 2 aromatic rings. The van der Waals surface area contributed by atoms with Crippen molar-refractivity contribution in [2.24, 2.45) is 0 Å². The number of methoxy groups -OCH3 is 1. The molecule has 0 aromatic carbocycles. The lowest BCUT2D eigenvalue weighted by Gasteiger charge is -2.32. The second-order valence-electron chi connectivity index (χ2n) is 5.31. The van der Waals surface area contributed by atoms with Gasteiger partial charge in [0.1, 0.15) is 11.6 Å². The summed E-state index contributed by atoms with van der Waals surface area (Å²) in [7, 11) is 3.85. The molecular weight excluding hydrogens is 254 g/mol. The van der Waals surface area contributed by atoms with Crippen LogP contribution < -0.4 is 4.74 Å². The summed E-state index contributed by atoms with van der Waals surface area (Å²) in [5, 5.41) is 8.49. The van der Waals surface area contributed by atoms with Crippen molar-refractivity contribution < 1.29 is 4.74 Å². The van der Waals surface area contributed by atoms with Crippen LogP contribution in [0.2, 0.25) is 0 Å². The standard InChI is InChI=1S/C14H21N5O/c1-17-7-9-18(10-8-17)6-5-14-16-15-13-4-3-12(20-2)11-19(13)14/h3-4,11H,5-10H2,1-2H3. The van der Waals surface area contributed by atoms with E-state index in [0.717, 1.165) is 56.4 Å². The molecule has 0 atom stereocenters. The van der Waals surface area contributed by atoms with E-state index in [4.69, 9.17) is 4.74 Å². The van der Waals surface area contributed by atoms with Gasteiger partial charge >= 0.3 is 0 Å². The van der Waals surface area contributed by atoms with Crippen molar-refractivity contribution in [3.05, 3.63) is 24.2 Å². The molecule has 1 aliphatic rings. The Labute approximate surface area is 119 Å². The number of likely N-dealkylation sites (N-methyl/N-ethyl adjacent to an activating group) is 1. The molecular formula is C14H21N5O. The normalized spacial score (nSPS) is 17.7. The minimum Gasteiger partial charge on any atom is -0.495 e. The molecule has 2 aromatic heterocycles. The zero-order chi connectivity index (χ0) is 13.9. The van der Waals surface area contributed by atoms with E-state index in [9.17, 15) is 0 Å². The number of aromatic nitrogens is 3. The zero-order valence-electron chi connectivity index (χ0n) is 12.1. The molecule has 0 unspecified atom stereocenters. The maximum absolute atomic E-state index is 5.26. The summed E-state index contributed by atoms with van der Waals surface area (Å²) in [5.74, 6) is 1.83. The Morgan fingerprint density at radius 2 is 1.95 bits per heavy atom. The van der Waals surface area contributed by atoms with E-state index >= 15 is 0 Å². The van der Waals surface area contributed by atoms with Crippen LogP contribution in [0.1, 0.15) is 5.82 Å². The molecule has 1 aliphatic heterocycles. The number of fused-ring (bicyclic) bond motifs is 1. The minimum atomic E-state index is 0.832. The van der Waals surface area contributed by atoms with E-state index < -0.39 is 0 Å². The van der Waals surface area contributed by atoms with Gasteiger partial charge in [-0.2, -0.15) is 0 Å². The van der Waals surface area contributed by atoms with Crippen molar-refractivity contribution in [2.45, 2.75) is 6.42 Å². The molecule has 0 aliphatic carbocycles. The number of nitrogens with zero attached hydrogens (tertiary/aromatic N) is 5. The SMILES string of the molecule is COc1ccc2nnc(CCN3CCN(C)CC3)n2c1. The molecule has 3 heterocycles. The zero-order valence-corrected chi connectivity index (χ0v) is 12.1. The summed E-state index contributed by atoms with van der Waals surface area (Å²) in [6, 6.07) is 3.85. The summed E-state index contributed by atoms with van der Waals surface area (Å²) in [6.07, 6.45) is 2.87. The topological polar surface area (TPSA) is 45.9 Å². The van der Waals surface area contributed by atoms with Gasteiger partial charge in [-0.3, -0.25) is 4.40 Å². The molecule has 0 saturated carbocycles.